The lowest BCUT2D eigenvalue weighted by Gasteiger charge is -2.12. The molecular weight excluding hydrogens is 368 g/mol. The molecule has 0 radical (unpaired) electrons. The van der Waals surface area contributed by atoms with E-state index in [2.05, 4.69) is 10.1 Å². The van der Waals surface area contributed by atoms with E-state index in [0.29, 0.717) is 16.5 Å². The quantitative estimate of drug-likeness (QED) is 0.709. The number of ether oxygens (including phenoxy) is 3. The number of carbonyl (C=O) groups excluding carboxylic acids is 1. The van der Waals surface area contributed by atoms with Crippen molar-refractivity contribution in [2.45, 2.75) is 6.61 Å². The summed E-state index contributed by atoms with van der Waals surface area (Å²) in [6.07, 6.45) is 2.51. The summed E-state index contributed by atoms with van der Waals surface area (Å²) in [5.41, 5.74) is 0.641. The molecule has 2 rings (SSSR count). The molecule has 0 saturated heterocycles. The molecule has 0 bridgehead atoms. The Balaban J connectivity index is 2.22. The Morgan fingerprint density at radius 3 is 2.54 bits per heavy atom. The highest BCUT2D eigenvalue weighted by atomic mass is 35.5. The Labute approximate surface area is 154 Å². The topological polar surface area (TPSA) is 56.8 Å². The Morgan fingerprint density at radius 2 is 1.88 bits per heavy atom. The van der Waals surface area contributed by atoms with Crippen molar-refractivity contribution in [3.8, 4) is 17.2 Å². The number of anilines is 1. The summed E-state index contributed by atoms with van der Waals surface area (Å²) in [4.78, 5) is 12.1. The first-order valence-electron chi connectivity index (χ1n) is 7.39. The molecule has 0 fully saturated rings. The van der Waals surface area contributed by atoms with E-state index < -0.39 is 12.5 Å². The first-order chi connectivity index (χ1) is 12.4. The van der Waals surface area contributed by atoms with E-state index in [9.17, 15) is 13.6 Å². The Kier molecular flexibility index (Phi) is 6.80. The van der Waals surface area contributed by atoms with Crippen molar-refractivity contribution in [1.29, 1.82) is 0 Å². The maximum absolute atomic E-state index is 12.6. The summed E-state index contributed by atoms with van der Waals surface area (Å²) < 4.78 is 39.9. The standard InChI is InChI=1S/C18H16ClF2NO4/c1-24-14-8-7-12(19)10-13(14)22-16(23)9-6-11-4-3-5-15(25-2)17(11)26-18(20)21/h3-10,18H,1-2H3,(H,22,23)/b9-6+. The van der Waals surface area contributed by atoms with Gasteiger partial charge in [-0.05, 0) is 30.3 Å². The molecule has 26 heavy (non-hydrogen) atoms. The number of halogens is 3. The van der Waals surface area contributed by atoms with E-state index in [1.807, 2.05) is 0 Å². The van der Waals surface area contributed by atoms with Crippen LogP contribution in [0.2, 0.25) is 5.02 Å². The second-order valence-corrected chi connectivity index (χ2v) is 5.36. The van der Waals surface area contributed by atoms with Gasteiger partial charge in [0.05, 0.1) is 19.9 Å². The molecule has 0 aliphatic carbocycles. The predicted octanol–water partition coefficient (Wildman–Crippen LogP) is 4.61. The number of alkyl halides is 2. The molecule has 0 aliphatic rings. The maximum Gasteiger partial charge on any atom is 0.387 e. The van der Waals surface area contributed by atoms with Gasteiger partial charge in [0.2, 0.25) is 5.91 Å². The van der Waals surface area contributed by atoms with Crippen molar-refractivity contribution in [1.82, 2.24) is 0 Å². The summed E-state index contributed by atoms with van der Waals surface area (Å²) in [5, 5.41) is 3.03. The molecule has 0 unspecified atom stereocenters. The van der Waals surface area contributed by atoms with Gasteiger partial charge in [-0.2, -0.15) is 8.78 Å². The number of rotatable bonds is 7. The van der Waals surface area contributed by atoms with E-state index in [0.717, 1.165) is 0 Å². The van der Waals surface area contributed by atoms with E-state index in [-0.39, 0.29) is 17.1 Å². The van der Waals surface area contributed by atoms with Gasteiger partial charge in [-0.1, -0.05) is 23.7 Å². The molecule has 138 valence electrons. The van der Waals surface area contributed by atoms with Crippen LogP contribution in [0.4, 0.5) is 14.5 Å². The monoisotopic (exact) mass is 383 g/mol. The second-order valence-electron chi connectivity index (χ2n) is 4.92. The predicted molar refractivity (Wildman–Crippen MR) is 95.3 cm³/mol. The fourth-order valence-corrected chi connectivity index (χ4v) is 2.33. The number of methoxy groups -OCH3 is 2. The minimum Gasteiger partial charge on any atom is -0.495 e. The largest absolute Gasteiger partial charge is 0.495 e. The number of amides is 1. The molecule has 0 aliphatic heterocycles. The van der Waals surface area contributed by atoms with Crippen LogP contribution in [0.25, 0.3) is 6.08 Å². The number of para-hydroxylation sites is 1. The molecule has 2 aromatic rings. The van der Waals surface area contributed by atoms with Crippen molar-refractivity contribution in [3.63, 3.8) is 0 Å². The SMILES string of the molecule is COc1ccc(Cl)cc1NC(=O)/C=C/c1cccc(OC)c1OC(F)F. The van der Waals surface area contributed by atoms with Crippen molar-refractivity contribution in [2.24, 2.45) is 0 Å². The number of carbonyl (C=O) groups is 1. The second kappa shape index (κ2) is 9.05. The minimum atomic E-state index is -3.03. The van der Waals surface area contributed by atoms with Crippen LogP contribution in [0, 0.1) is 0 Å². The van der Waals surface area contributed by atoms with Gasteiger partial charge in [0.25, 0.3) is 0 Å². The summed E-state index contributed by atoms with van der Waals surface area (Å²) in [5.74, 6) is -0.102. The molecule has 0 heterocycles. The Hall–Kier alpha value is -2.80. The third-order valence-corrected chi connectivity index (χ3v) is 3.50. The zero-order valence-electron chi connectivity index (χ0n) is 14.0. The molecule has 2 aromatic carbocycles. The third kappa shape index (κ3) is 5.10. The number of hydrogen-bond donors (Lipinski definition) is 1. The smallest absolute Gasteiger partial charge is 0.387 e. The normalized spacial score (nSPS) is 10.8. The summed E-state index contributed by atoms with van der Waals surface area (Å²) >= 11 is 5.91. The van der Waals surface area contributed by atoms with Crippen LogP contribution in [0.5, 0.6) is 17.2 Å². The van der Waals surface area contributed by atoms with Gasteiger partial charge in [-0.3, -0.25) is 4.79 Å². The van der Waals surface area contributed by atoms with E-state index in [1.165, 1.54) is 44.6 Å². The van der Waals surface area contributed by atoms with Gasteiger partial charge in [0.15, 0.2) is 11.5 Å². The van der Waals surface area contributed by atoms with Crippen LogP contribution in [-0.2, 0) is 4.79 Å². The van der Waals surface area contributed by atoms with Crippen molar-refractivity contribution >= 4 is 29.3 Å². The fraction of sp³-hybridized carbons (Fsp3) is 0.167. The van der Waals surface area contributed by atoms with Crippen molar-refractivity contribution in [2.75, 3.05) is 19.5 Å². The van der Waals surface area contributed by atoms with Gasteiger partial charge in [-0.25, -0.2) is 0 Å². The molecule has 1 N–H and O–H groups in total. The van der Waals surface area contributed by atoms with Crippen LogP contribution in [0.3, 0.4) is 0 Å². The Morgan fingerprint density at radius 1 is 1.15 bits per heavy atom. The minimum absolute atomic E-state index is 0.129. The third-order valence-electron chi connectivity index (χ3n) is 3.27. The molecular formula is C18H16ClF2NO4. The molecule has 0 spiro atoms. The summed E-state index contributed by atoms with van der Waals surface area (Å²) in [7, 11) is 2.79. The highest BCUT2D eigenvalue weighted by molar-refractivity contribution is 6.31. The zero-order chi connectivity index (χ0) is 19.1. The summed E-state index contributed by atoms with van der Waals surface area (Å²) in [6.45, 7) is -3.03. The lowest BCUT2D eigenvalue weighted by Crippen LogP contribution is -2.09. The van der Waals surface area contributed by atoms with E-state index in [4.69, 9.17) is 21.1 Å². The van der Waals surface area contributed by atoms with Gasteiger partial charge in [-0.15, -0.1) is 0 Å². The van der Waals surface area contributed by atoms with Gasteiger partial charge < -0.3 is 19.5 Å². The van der Waals surface area contributed by atoms with Gasteiger partial charge >= 0.3 is 6.61 Å². The summed E-state index contributed by atoms with van der Waals surface area (Å²) in [6, 6.07) is 9.35. The highest BCUT2D eigenvalue weighted by Crippen LogP contribution is 2.33. The van der Waals surface area contributed by atoms with E-state index in [1.54, 1.807) is 18.2 Å². The molecule has 0 atom stereocenters. The lowest BCUT2D eigenvalue weighted by atomic mass is 10.1. The van der Waals surface area contributed by atoms with Crippen LogP contribution >= 0.6 is 11.6 Å². The molecule has 1 amide bonds. The lowest BCUT2D eigenvalue weighted by molar-refractivity contribution is -0.111. The molecule has 0 aromatic heterocycles. The van der Waals surface area contributed by atoms with E-state index >= 15 is 0 Å². The fourth-order valence-electron chi connectivity index (χ4n) is 2.16. The first kappa shape index (κ1) is 19.5. The maximum atomic E-state index is 12.6. The zero-order valence-corrected chi connectivity index (χ0v) is 14.7. The average Bonchev–Trinajstić information content (AvgIpc) is 2.60. The van der Waals surface area contributed by atoms with Crippen LogP contribution in [0.15, 0.2) is 42.5 Å². The molecule has 5 nitrogen and oxygen atoms in total. The highest BCUT2D eigenvalue weighted by Gasteiger charge is 2.14. The van der Waals surface area contributed by atoms with Crippen LogP contribution < -0.4 is 19.5 Å². The van der Waals surface area contributed by atoms with Gasteiger partial charge in [0, 0.05) is 16.7 Å². The van der Waals surface area contributed by atoms with Gasteiger partial charge in [0.1, 0.15) is 5.75 Å². The average molecular weight is 384 g/mol. The molecule has 0 saturated carbocycles. The van der Waals surface area contributed by atoms with Crippen LogP contribution in [0.1, 0.15) is 5.56 Å². The number of nitrogens with one attached hydrogen (secondary N) is 1. The van der Waals surface area contributed by atoms with Crippen LogP contribution in [-0.4, -0.2) is 26.7 Å². The Bertz CT molecular complexity index is 812. The first-order valence-corrected chi connectivity index (χ1v) is 7.76. The number of benzene rings is 2. The van der Waals surface area contributed by atoms with Crippen molar-refractivity contribution < 1.29 is 27.8 Å². The molecule has 8 heteroatoms. The van der Waals surface area contributed by atoms with Crippen molar-refractivity contribution in [3.05, 3.63) is 53.1 Å². The number of hydrogen-bond acceptors (Lipinski definition) is 4.